The lowest BCUT2D eigenvalue weighted by atomic mass is 10.1. The monoisotopic (exact) mass is 359 g/mol. The molecular formula is C12H16Cl3NO3S. The fourth-order valence-corrected chi connectivity index (χ4v) is 2.82. The first-order chi connectivity index (χ1) is 9.19. The van der Waals surface area contributed by atoms with Gasteiger partial charge in [0.15, 0.2) is 0 Å². The smallest absolute Gasteiger partial charge is 0.209 e. The van der Waals surface area contributed by atoms with Gasteiger partial charge in [-0.3, -0.25) is 0 Å². The molecule has 20 heavy (non-hydrogen) atoms. The maximum Gasteiger partial charge on any atom is 0.209 e. The van der Waals surface area contributed by atoms with E-state index in [9.17, 15) is 8.42 Å². The second-order valence-corrected chi connectivity index (χ2v) is 7.55. The molecule has 0 fully saturated rings. The van der Waals surface area contributed by atoms with Gasteiger partial charge >= 0.3 is 0 Å². The average Bonchev–Trinajstić information content (AvgIpc) is 2.32. The molecule has 0 radical (unpaired) electrons. The van der Waals surface area contributed by atoms with Gasteiger partial charge in [-0.05, 0) is 24.8 Å². The van der Waals surface area contributed by atoms with E-state index < -0.39 is 10.0 Å². The zero-order valence-electron chi connectivity index (χ0n) is 10.9. The van der Waals surface area contributed by atoms with E-state index in [0.717, 1.165) is 0 Å². The molecule has 0 aliphatic carbocycles. The second-order valence-electron chi connectivity index (χ2n) is 4.59. The molecule has 2 N–H and O–H groups in total. The molecule has 1 unspecified atom stereocenters. The number of hydrogen-bond acceptors (Lipinski definition) is 3. The van der Waals surface area contributed by atoms with Crippen molar-refractivity contribution in [3.8, 4) is 5.75 Å². The third-order valence-electron chi connectivity index (χ3n) is 2.74. The van der Waals surface area contributed by atoms with Crippen molar-refractivity contribution in [1.82, 2.24) is 0 Å². The van der Waals surface area contributed by atoms with Crippen molar-refractivity contribution < 1.29 is 13.2 Å². The number of rotatable bonds is 7. The van der Waals surface area contributed by atoms with Crippen LogP contribution in [0.1, 0.15) is 19.8 Å². The van der Waals surface area contributed by atoms with Crippen LogP contribution in [0.3, 0.4) is 0 Å². The predicted molar refractivity (Wildman–Crippen MR) is 83.3 cm³/mol. The molecule has 1 atom stereocenters. The minimum absolute atomic E-state index is 0.0261. The quantitative estimate of drug-likeness (QED) is 0.753. The molecule has 1 rings (SSSR count). The van der Waals surface area contributed by atoms with Gasteiger partial charge in [-0.2, -0.15) is 0 Å². The lowest BCUT2D eigenvalue weighted by molar-refractivity contribution is 0.282. The van der Waals surface area contributed by atoms with Crippen LogP contribution in [0.4, 0.5) is 0 Å². The lowest BCUT2D eigenvalue weighted by Gasteiger charge is -2.13. The number of benzene rings is 1. The second kappa shape index (κ2) is 7.71. The number of sulfonamides is 1. The Hall–Kier alpha value is -0.200. The number of hydrogen-bond donors (Lipinski definition) is 1. The Kier molecular flexibility index (Phi) is 6.88. The van der Waals surface area contributed by atoms with Gasteiger partial charge in [-0.1, -0.05) is 41.7 Å². The van der Waals surface area contributed by atoms with E-state index in [-0.39, 0.29) is 11.7 Å². The van der Waals surface area contributed by atoms with Gasteiger partial charge in [0.25, 0.3) is 0 Å². The van der Waals surface area contributed by atoms with E-state index in [1.54, 1.807) is 6.07 Å². The zero-order chi connectivity index (χ0) is 15.3. The molecule has 0 heterocycles. The Morgan fingerprint density at radius 1 is 1.15 bits per heavy atom. The molecule has 0 bridgehead atoms. The van der Waals surface area contributed by atoms with E-state index in [1.807, 2.05) is 6.92 Å². The predicted octanol–water partition coefficient (Wildman–Crippen LogP) is 3.73. The maximum atomic E-state index is 10.8. The highest BCUT2D eigenvalue weighted by atomic mass is 35.5. The van der Waals surface area contributed by atoms with Gasteiger partial charge in [-0.15, -0.1) is 0 Å². The first-order valence-corrected chi connectivity index (χ1v) is 8.82. The summed E-state index contributed by atoms with van der Waals surface area (Å²) in [4.78, 5) is 0. The summed E-state index contributed by atoms with van der Waals surface area (Å²) in [6.45, 7) is 2.34. The molecule has 0 saturated carbocycles. The minimum Gasteiger partial charge on any atom is -0.492 e. The molecule has 0 saturated heterocycles. The number of ether oxygens (including phenoxy) is 1. The van der Waals surface area contributed by atoms with Crippen molar-refractivity contribution >= 4 is 44.8 Å². The summed E-state index contributed by atoms with van der Waals surface area (Å²) in [5.74, 6) is 0.608. The van der Waals surface area contributed by atoms with Crippen LogP contribution >= 0.6 is 34.8 Å². The summed E-state index contributed by atoms with van der Waals surface area (Å²) in [6, 6.07) is 3.08. The number of nitrogens with two attached hydrogens (primary N) is 1. The van der Waals surface area contributed by atoms with Crippen LogP contribution in [0.25, 0.3) is 0 Å². The van der Waals surface area contributed by atoms with Gasteiger partial charge in [0, 0.05) is 6.07 Å². The highest BCUT2D eigenvalue weighted by molar-refractivity contribution is 7.89. The minimum atomic E-state index is -3.41. The summed E-state index contributed by atoms with van der Waals surface area (Å²) in [6.07, 6.45) is 1.18. The highest BCUT2D eigenvalue weighted by Gasteiger charge is 2.10. The van der Waals surface area contributed by atoms with Crippen molar-refractivity contribution in [1.29, 1.82) is 0 Å². The first kappa shape index (κ1) is 17.9. The largest absolute Gasteiger partial charge is 0.492 e. The van der Waals surface area contributed by atoms with Crippen LogP contribution in [-0.4, -0.2) is 20.8 Å². The van der Waals surface area contributed by atoms with Gasteiger partial charge in [-0.25, -0.2) is 13.6 Å². The van der Waals surface area contributed by atoms with Crippen molar-refractivity contribution in [3.05, 3.63) is 27.2 Å². The van der Waals surface area contributed by atoms with Crippen molar-refractivity contribution in [2.24, 2.45) is 11.1 Å². The molecule has 0 amide bonds. The van der Waals surface area contributed by atoms with Crippen LogP contribution in [0, 0.1) is 5.92 Å². The van der Waals surface area contributed by atoms with Gasteiger partial charge in [0.2, 0.25) is 10.0 Å². The molecule has 1 aromatic rings. The normalized spacial score (nSPS) is 13.2. The van der Waals surface area contributed by atoms with E-state index in [2.05, 4.69) is 0 Å². The van der Waals surface area contributed by atoms with E-state index in [1.165, 1.54) is 6.07 Å². The van der Waals surface area contributed by atoms with Crippen LogP contribution in [0.2, 0.25) is 15.1 Å². The van der Waals surface area contributed by atoms with Crippen molar-refractivity contribution in [2.45, 2.75) is 19.8 Å². The van der Waals surface area contributed by atoms with Crippen LogP contribution < -0.4 is 9.88 Å². The van der Waals surface area contributed by atoms with Crippen molar-refractivity contribution in [3.63, 3.8) is 0 Å². The summed E-state index contributed by atoms with van der Waals surface area (Å²) in [7, 11) is -3.41. The molecule has 0 aliphatic rings. The fourth-order valence-electron chi connectivity index (χ4n) is 1.49. The molecule has 0 aliphatic heterocycles. The SMILES string of the molecule is CC(CCOc1cc(Cl)c(Cl)cc1Cl)CCS(N)(=O)=O. The molecule has 8 heteroatoms. The summed E-state index contributed by atoms with van der Waals surface area (Å²) >= 11 is 17.7. The van der Waals surface area contributed by atoms with Crippen LogP contribution in [0.15, 0.2) is 12.1 Å². The Labute approximate surface area is 134 Å². The summed E-state index contributed by atoms with van der Waals surface area (Å²) in [5, 5.41) is 6.07. The van der Waals surface area contributed by atoms with E-state index in [0.29, 0.717) is 40.3 Å². The van der Waals surface area contributed by atoms with Gasteiger partial charge in [0.05, 0.1) is 27.4 Å². The Morgan fingerprint density at radius 3 is 2.35 bits per heavy atom. The third-order valence-corrected chi connectivity index (χ3v) is 4.56. The zero-order valence-corrected chi connectivity index (χ0v) is 14.0. The van der Waals surface area contributed by atoms with Gasteiger partial charge < -0.3 is 4.74 Å². The summed E-state index contributed by atoms with van der Waals surface area (Å²) in [5.41, 5.74) is 0. The van der Waals surface area contributed by atoms with E-state index in [4.69, 9.17) is 44.7 Å². The maximum absolute atomic E-state index is 10.8. The third kappa shape index (κ3) is 6.50. The summed E-state index contributed by atoms with van der Waals surface area (Å²) < 4.78 is 27.2. The Bertz CT molecular complexity index is 563. The molecule has 0 spiro atoms. The average molecular weight is 361 g/mol. The Balaban J connectivity index is 2.43. The topological polar surface area (TPSA) is 69.4 Å². The Morgan fingerprint density at radius 2 is 1.75 bits per heavy atom. The fraction of sp³-hybridized carbons (Fsp3) is 0.500. The molecule has 114 valence electrons. The van der Waals surface area contributed by atoms with Gasteiger partial charge in [0.1, 0.15) is 5.75 Å². The van der Waals surface area contributed by atoms with Crippen molar-refractivity contribution in [2.75, 3.05) is 12.4 Å². The first-order valence-electron chi connectivity index (χ1n) is 5.97. The highest BCUT2D eigenvalue weighted by Crippen LogP contribution is 2.34. The standard InChI is InChI=1S/C12H16Cl3NO3S/c1-8(3-5-20(16,17)18)2-4-19-12-7-10(14)9(13)6-11(12)15/h6-8H,2-5H2,1H3,(H2,16,17,18). The van der Waals surface area contributed by atoms with Crippen LogP contribution in [-0.2, 0) is 10.0 Å². The van der Waals surface area contributed by atoms with E-state index >= 15 is 0 Å². The molecular weight excluding hydrogens is 345 g/mol. The molecule has 4 nitrogen and oxygen atoms in total. The number of primary sulfonamides is 1. The number of halogens is 3. The lowest BCUT2D eigenvalue weighted by Crippen LogP contribution is -2.18. The molecule has 1 aromatic carbocycles. The van der Waals surface area contributed by atoms with Crippen LogP contribution in [0.5, 0.6) is 5.75 Å². The molecule has 0 aromatic heterocycles.